The van der Waals surface area contributed by atoms with Gasteiger partial charge < -0.3 is 14.1 Å². The summed E-state index contributed by atoms with van der Waals surface area (Å²) in [6.07, 6.45) is 0. The van der Waals surface area contributed by atoms with Crippen molar-refractivity contribution in [1.82, 2.24) is 0 Å². The molecule has 1 spiro atoms. The van der Waals surface area contributed by atoms with Gasteiger partial charge in [-0.25, -0.2) is 0 Å². The van der Waals surface area contributed by atoms with Crippen molar-refractivity contribution in [1.29, 1.82) is 0 Å². The van der Waals surface area contributed by atoms with Crippen LogP contribution in [0.15, 0.2) is 247 Å². The highest BCUT2D eigenvalue weighted by atomic mass is 28.3. The first kappa shape index (κ1) is 37.6. The summed E-state index contributed by atoms with van der Waals surface area (Å²) in [6, 6.07) is 88.7. The van der Waals surface area contributed by atoms with Gasteiger partial charge in [0.05, 0.1) is 0 Å². The summed E-state index contributed by atoms with van der Waals surface area (Å²) in [6.45, 7) is 0. The predicted octanol–water partition coefficient (Wildman–Crippen LogP) is 10.7. The molecule has 0 amide bonds. The van der Waals surface area contributed by atoms with E-state index in [0.29, 0.717) is 0 Å². The molecule has 5 heteroatoms. The van der Waals surface area contributed by atoms with E-state index in [4.69, 9.17) is 9.15 Å². The molecule has 0 aliphatic carbocycles. The van der Waals surface area contributed by atoms with Gasteiger partial charge in [-0.15, -0.1) is 0 Å². The van der Waals surface area contributed by atoms with Crippen molar-refractivity contribution in [3.05, 3.63) is 243 Å². The van der Waals surface area contributed by atoms with Crippen molar-refractivity contribution in [3.8, 4) is 33.8 Å². The number of fused-ring (bicyclic) bond motifs is 11. The molecule has 1 aromatic heterocycles. The maximum Gasteiger partial charge on any atom is 0.188 e. The van der Waals surface area contributed by atoms with Crippen LogP contribution < -0.4 is 45.9 Å². The average Bonchev–Trinajstić information content (AvgIpc) is 3.75. The minimum absolute atomic E-state index is 0.857. The zero-order chi connectivity index (χ0) is 42.9. The Labute approximate surface area is 380 Å². The van der Waals surface area contributed by atoms with Crippen LogP contribution in [0, 0.1) is 0 Å². The quantitative estimate of drug-likeness (QED) is 0.156. The van der Waals surface area contributed by atoms with Gasteiger partial charge in [0, 0.05) is 33.9 Å². The van der Waals surface area contributed by atoms with Crippen LogP contribution in [0.3, 0.4) is 0 Å². The smallest absolute Gasteiger partial charge is 0.188 e. The number of benzene rings is 10. The molecule has 0 atom stereocenters. The number of para-hydroxylation sites is 3. The largest absolute Gasteiger partial charge is 0.458 e. The van der Waals surface area contributed by atoms with Crippen LogP contribution in [0.5, 0.6) is 11.5 Å². The van der Waals surface area contributed by atoms with Gasteiger partial charge in [-0.3, -0.25) is 0 Å². The van der Waals surface area contributed by atoms with Crippen LogP contribution >= 0.6 is 0 Å². The molecule has 13 rings (SSSR count). The van der Waals surface area contributed by atoms with Crippen LogP contribution in [0.2, 0.25) is 0 Å². The molecule has 0 bridgehead atoms. The summed E-state index contributed by atoms with van der Waals surface area (Å²) in [5.74, 6) is 1.91. The van der Waals surface area contributed by atoms with Gasteiger partial charge in [-0.05, 0) is 104 Å². The monoisotopic (exact) mass is 862 g/mol. The second-order valence-corrected chi connectivity index (χ2v) is 23.0. The topological polar surface area (TPSA) is 25.6 Å². The van der Waals surface area contributed by atoms with E-state index in [0.717, 1.165) is 56.1 Å². The van der Waals surface area contributed by atoms with Crippen LogP contribution in [-0.4, -0.2) is 16.9 Å². The van der Waals surface area contributed by atoms with Crippen LogP contribution in [0.25, 0.3) is 44.2 Å². The standard InChI is InChI=1S/C60H40NO2Si2/c1-4-16-41(17-5-1)42-28-32-46(33-29-42)61(45-18-6-2-7-19-45)47-34-36-50-49-35-30-43(38-53(49)63-54(50)40-47)44-31-37-56-60(39-44)65(57-25-13-10-22-51(57)62-52-23-11-14-26-58(52)65)59-27-15-12-24-55(59)64(56)48-20-8-3-9-21-48/h1-40H. The van der Waals surface area contributed by atoms with Crippen molar-refractivity contribution in [2.45, 2.75) is 0 Å². The van der Waals surface area contributed by atoms with Gasteiger partial charge in [0.1, 0.15) is 22.7 Å². The van der Waals surface area contributed by atoms with E-state index in [9.17, 15) is 0 Å². The Kier molecular flexibility index (Phi) is 8.73. The third-order valence-corrected chi connectivity index (χ3v) is 21.7. The molecule has 0 unspecified atom stereocenters. The summed E-state index contributed by atoms with van der Waals surface area (Å²) in [7, 11) is -4.25. The molecule has 2 aliphatic rings. The lowest BCUT2D eigenvalue weighted by Gasteiger charge is -2.45. The Morgan fingerprint density at radius 3 is 1.55 bits per heavy atom. The van der Waals surface area contributed by atoms with Gasteiger partial charge in [0.15, 0.2) is 16.9 Å². The lowest BCUT2D eigenvalue weighted by molar-refractivity contribution is 0.487. The third-order valence-electron chi connectivity index (χ3n) is 13.5. The summed E-state index contributed by atoms with van der Waals surface area (Å²) in [5.41, 5.74) is 9.64. The number of anilines is 3. The predicted molar refractivity (Wildman–Crippen MR) is 274 cm³/mol. The van der Waals surface area contributed by atoms with Gasteiger partial charge in [0.2, 0.25) is 0 Å². The summed E-state index contributed by atoms with van der Waals surface area (Å²) in [4.78, 5) is 2.30. The zero-order valence-corrected chi connectivity index (χ0v) is 37.4. The van der Waals surface area contributed by atoms with Crippen LogP contribution in [0.4, 0.5) is 17.1 Å². The lowest BCUT2D eigenvalue weighted by atomic mass is 10.0. The molecule has 3 heterocycles. The van der Waals surface area contributed by atoms with Gasteiger partial charge in [-0.1, -0.05) is 191 Å². The number of nitrogens with zero attached hydrogens (tertiary/aromatic N) is 1. The first-order chi connectivity index (χ1) is 32.2. The molecule has 3 nitrogen and oxygen atoms in total. The minimum Gasteiger partial charge on any atom is -0.458 e. The summed E-state index contributed by atoms with van der Waals surface area (Å²) in [5, 5.41) is 12.0. The molecule has 0 saturated carbocycles. The zero-order valence-electron chi connectivity index (χ0n) is 35.4. The van der Waals surface area contributed by atoms with E-state index >= 15 is 0 Å². The fourth-order valence-electron chi connectivity index (χ4n) is 10.6. The average molecular weight is 863 g/mol. The van der Waals surface area contributed by atoms with E-state index in [1.165, 1.54) is 53.0 Å². The van der Waals surface area contributed by atoms with E-state index < -0.39 is 16.9 Å². The fourth-order valence-corrected chi connectivity index (χ4v) is 20.3. The van der Waals surface area contributed by atoms with Crippen molar-refractivity contribution >= 4 is 92.2 Å². The molecule has 10 aromatic carbocycles. The molecule has 1 radical (unpaired) electrons. The molecule has 2 aliphatic heterocycles. The molecule has 0 saturated heterocycles. The van der Waals surface area contributed by atoms with Gasteiger partial charge >= 0.3 is 0 Å². The molecule has 0 N–H and O–H groups in total. The number of hydrogen-bond donors (Lipinski definition) is 0. The normalized spacial score (nSPS) is 13.4. The van der Waals surface area contributed by atoms with E-state index in [-0.39, 0.29) is 0 Å². The van der Waals surface area contributed by atoms with E-state index in [1.54, 1.807) is 0 Å². The minimum atomic E-state index is -2.89. The second-order valence-electron chi connectivity index (χ2n) is 17.0. The maximum atomic E-state index is 6.86. The number of furan rings is 1. The Balaban J connectivity index is 0.963. The SMILES string of the molecule is c1ccc(-c2ccc(N(c3ccccc3)c3ccc4c(c3)oc3cc(-c5ccc6c(c5)[Si]5(c7ccccc7Oc7ccccc75)c5ccccc5[Si]6c5ccccc5)ccc34)cc2)cc1. The van der Waals surface area contributed by atoms with Crippen molar-refractivity contribution < 1.29 is 9.15 Å². The molecule has 305 valence electrons. The van der Waals surface area contributed by atoms with Crippen LogP contribution in [-0.2, 0) is 0 Å². The molecule has 0 fully saturated rings. The highest BCUT2D eigenvalue weighted by molar-refractivity contribution is 7.27. The Morgan fingerprint density at radius 2 is 0.831 bits per heavy atom. The van der Waals surface area contributed by atoms with Crippen molar-refractivity contribution in [2.75, 3.05) is 4.90 Å². The van der Waals surface area contributed by atoms with Gasteiger partial charge in [-0.2, -0.15) is 0 Å². The summed E-state index contributed by atoms with van der Waals surface area (Å²) < 4.78 is 13.6. The molecule has 11 aromatic rings. The number of rotatable bonds is 6. The van der Waals surface area contributed by atoms with E-state index in [2.05, 4.69) is 248 Å². The molecule has 65 heavy (non-hydrogen) atoms. The Bertz CT molecular complexity index is 3540. The molecular weight excluding hydrogens is 823 g/mol. The van der Waals surface area contributed by atoms with Gasteiger partial charge in [0.25, 0.3) is 0 Å². The summed E-state index contributed by atoms with van der Waals surface area (Å²) >= 11 is 0. The van der Waals surface area contributed by atoms with Crippen molar-refractivity contribution in [2.24, 2.45) is 0 Å². The van der Waals surface area contributed by atoms with E-state index in [1.807, 2.05) is 0 Å². The highest BCUT2D eigenvalue weighted by Crippen LogP contribution is 2.40. The number of ether oxygens (including phenoxy) is 1. The maximum absolute atomic E-state index is 6.86. The third kappa shape index (κ3) is 5.93. The highest BCUT2D eigenvalue weighted by Gasteiger charge is 2.53. The number of hydrogen-bond acceptors (Lipinski definition) is 3. The first-order valence-electron chi connectivity index (χ1n) is 22.2. The Morgan fingerprint density at radius 1 is 0.338 bits per heavy atom. The Hall–Kier alpha value is -7.97. The molecular formula is C60H40NO2Si2. The lowest BCUT2D eigenvalue weighted by Crippen LogP contribution is -2.87. The van der Waals surface area contributed by atoms with Crippen LogP contribution in [0.1, 0.15) is 0 Å². The van der Waals surface area contributed by atoms with Crippen molar-refractivity contribution in [3.63, 3.8) is 0 Å². The second kappa shape index (κ2) is 15.1. The first-order valence-corrected chi connectivity index (χ1v) is 25.7. The fraction of sp³-hybridized carbons (Fsp3) is 0.